The van der Waals surface area contributed by atoms with Crippen molar-refractivity contribution < 1.29 is 33.4 Å². The molecule has 0 aliphatic carbocycles. The summed E-state index contributed by atoms with van der Waals surface area (Å²) in [5.41, 5.74) is 0.320. The molecule has 0 bridgehead atoms. The van der Waals surface area contributed by atoms with E-state index in [0.29, 0.717) is 18.4 Å². The summed E-state index contributed by atoms with van der Waals surface area (Å²) >= 11 is 0. The smallest absolute Gasteiger partial charge is 0.462 e. The minimum Gasteiger partial charge on any atom is -0.462 e. The van der Waals surface area contributed by atoms with Crippen LogP contribution in [-0.2, 0) is 23.7 Å². The van der Waals surface area contributed by atoms with Gasteiger partial charge in [0.15, 0.2) is 0 Å². The highest BCUT2D eigenvalue weighted by Crippen LogP contribution is 2.35. The maximum Gasteiger partial charge on any atom is 0.496 e. The molecular formula is C8H15O7P. The molecule has 0 aliphatic heterocycles. The second-order valence-electron chi connectivity index (χ2n) is 3.01. The van der Waals surface area contributed by atoms with E-state index in [4.69, 9.17) is 14.5 Å². The van der Waals surface area contributed by atoms with Crippen molar-refractivity contribution in [2.45, 2.75) is 19.8 Å². The van der Waals surface area contributed by atoms with Crippen LogP contribution in [0.3, 0.4) is 0 Å². The fraction of sp³-hybridized carbons (Fsp3) is 0.625. The second kappa shape index (κ2) is 7.54. The molecule has 0 amide bonds. The molecule has 7 nitrogen and oxygen atoms in total. The van der Waals surface area contributed by atoms with Gasteiger partial charge in [0.2, 0.25) is 0 Å². The first-order valence-corrected chi connectivity index (χ1v) is 6.05. The highest BCUT2D eigenvalue weighted by Gasteiger charge is 2.14. The predicted octanol–water partition coefficient (Wildman–Crippen LogP) is 0.927. The first kappa shape index (κ1) is 15.3. The summed E-state index contributed by atoms with van der Waals surface area (Å²) in [4.78, 5) is 31.6. The fourth-order valence-corrected chi connectivity index (χ4v) is 0.869. The van der Waals surface area contributed by atoms with Gasteiger partial charge in [0.1, 0.15) is 0 Å². The van der Waals surface area contributed by atoms with Crippen molar-refractivity contribution in [2.75, 3.05) is 13.2 Å². The van der Waals surface area contributed by atoms with Gasteiger partial charge in [0, 0.05) is 5.57 Å². The largest absolute Gasteiger partial charge is 0.496 e. The van der Waals surface area contributed by atoms with Crippen molar-refractivity contribution in [3.05, 3.63) is 12.2 Å². The normalized spacial score (nSPS) is 11.2. The van der Waals surface area contributed by atoms with E-state index in [1.807, 2.05) is 0 Å². The molecule has 0 heterocycles. The first-order valence-electron chi connectivity index (χ1n) is 4.52. The van der Waals surface area contributed by atoms with Crippen molar-refractivity contribution in [3.63, 3.8) is 0 Å². The van der Waals surface area contributed by atoms with E-state index in [9.17, 15) is 9.36 Å². The van der Waals surface area contributed by atoms with E-state index in [-0.39, 0.29) is 13.2 Å². The molecule has 0 saturated carbocycles. The molecule has 0 fully saturated rings. The van der Waals surface area contributed by atoms with Crippen molar-refractivity contribution in [1.82, 2.24) is 0 Å². The third-order valence-electron chi connectivity index (χ3n) is 1.35. The van der Waals surface area contributed by atoms with Crippen LogP contribution in [0.25, 0.3) is 0 Å². The molecule has 0 aliphatic rings. The van der Waals surface area contributed by atoms with E-state index in [1.165, 1.54) is 0 Å². The Hall–Kier alpha value is -0.720. The standard InChI is InChI=1S/C8H15O7P/c1-7(2)8(9)13-5-3-4-6-14-15-16(10,11)12/h1,3-6H2,2H3,(H2,10,11,12). The number of esters is 1. The summed E-state index contributed by atoms with van der Waals surface area (Å²) in [5, 5.41) is 0. The highest BCUT2D eigenvalue weighted by molar-refractivity contribution is 7.46. The van der Waals surface area contributed by atoms with Gasteiger partial charge < -0.3 is 14.5 Å². The molecule has 0 radical (unpaired) electrons. The Balaban J connectivity index is 3.32. The van der Waals surface area contributed by atoms with Crippen LogP contribution in [0.5, 0.6) is 0 Å². The molecular weight excluding hydrogens is 239 g/mol. The Labute approximate surface area is 93.2 Å². The van der Waals surface area contributed by atoms with Crippen molar-refractivity contribution in [1.29, 1.82) is 0 Å². The molecule has 0 spiro atoms. The van der Waals surface area contributed by atoms with Gasteiger partial charge in [0.25, 0.3) is 0 Å². The lowest BCUT2D eigenvalue weighted by Gasteiger charge is -2.05. The summed E-state index contributed by atoms with van der Waals surface area (Å²) in [6.45, 7) is 5.15. The topological polar surface area (TPSA) is 102 Å². The van der Waals surface area contributed by atoms with Crippen molar-refractivity contribution >= 4 is 13.8 Å². The van der Waals surface area contributed by atoms with E-state index in [0.717, 1.165) is 0 Å². The number of carbonyl (C=O) groups is 1. The summed E-state index contributed by atoms with van der Waals surface area (Å²) < 4.78 is 18.7. The van der Waals surface area contributed by atoms with Gasteiger partial charge in [0.05, 0.1) is 13.2 Å². The lowest BCUT2D eigenvalue weighted by atomic mass is 10.3. The van der Waals surface area contributed by atoms with Crippen molar-refractivity contribution in [3.8, 4) is 0 Å². The Morgan fingerprint density at radius 3 is 2.38 bits per heavy atom. The Morgan fingerprint density at radius 1 is 1.31 bits per heavy atom. The SMILES string of the molecule is C=C(C)C(=O)OCCCCOOP(=O)(O)O. The average molecular weight is 254 g/mol. The molecule has 16 heavy (non-hydrogen) atoms. The molecule has 0 rings (SSSR count). The zero-order chi connectivity index (χ0) is 12.6. The number of rotatable bonds is 8. The minimum absolute atomic E-state index is 0.00965. The maximum atomic E-state index is 10.9. The zero-order valence-electron chi connectivity index (χ0n) is 8.92. The van der Waals surface area contributed by atoms with Gasteiger partial charge in [-0.05, 0) is 19.8 Å². The number of phosphoric acid groups is 1. The molecule has 8 heteroatoms. The van der Waals surface area contributed by atoms with E-state index in [2.05, 4.69) is 16.1 Å². The lowest BCUT2D eigenvalue weighted by Crippen LogP contribution is -2.07. The summed E-state index contributed by atoms with van der Waals surface area (Å²) in [5.74, 6) is -0.465. The molecule has 94 valence electrons. The molecule has 0 atom stereocenters. The molecule has 0 aromatic heterocycles. The van der Waals surface area contributed by atoms with Gasteiger partial charge >= 0.3 is 13.8 Å². The Morgan fingerprint density at radius 2 is 1.88 bits per heavy atom. The van der Waals surface area contributed by atoms with Gasteiger partial charge in [-0.3, -0.25) is 0 Å². The minimum atomic E-state index is -4.57. The summed E-state index contributed by atoms with van der Waals surface area (Å²) in [7, 11) is -4.57. The highest BCUT2D eigenvalue weighted by atomic mass is 31.2. The number of hydrogen-bond donors (Lipinski definition) is 2. The molecule has 0 aromatic rings. The zero-order valence-corrected chi connectivity index (χ0v) is 9.81. The van der Waals surface area contributed by atoms with Crippen LogP contribution < -0.4 is 0 Å². The molecule has 2 N–H and O–H groups in total. The fourth-order valence-electron chi connectivity index (χ4n) is 0.657. The van der Waals surface area contributed by atoms with Crippen LogP contribution in [0.4, 0.5) is 0 Å². The number of ether oxygens (including phenoxy) is 1. The summed E-state index contributed by atoms with van der Waals surface area (Å²) in [6, 6.07) is 0. The van der Waals surface area contributed by atoms with Crippen LogP contribution in [-0.4, -0.2) is 29.0 Å². The third-order valence-corrected chi connectivity index (χ3v) is 1.65. The van der Waals surface area contributed by atoms with E-state index in [1.54, 1.807) is 6.92 Å². The third kappa shape index (κ3) is 9.82. The van der Waals surface area contributed by atoms with Crippen LogP contribution in [0.15, 0.2) is 12.2 Å². The van der Waals surface area contributed by atoms with E-state index >= 15 is 0 Å². The Bertz CT molecular complexity index is 282. The van der Waals surface area contributed by atoms with Crippen molar-refractivity contribution in [2.24, 2.45) is 0 Å². The molecule has 0 unspecified atom stereocenters. The van der Waals surface area contributed by atoms with Gasteiger partial charge in [-0.25, -0.2) is 14.2 Å². The van der Waals surface area contributed by atoms with Crippen LogP contribution >= 0.6 is 7.82 Å². The number of unbranched alkanes of at least 4 members (excludes halogenated alkanes) is 1. The summed E-state index contributed by atoms with van der Waals surface area (Å²) in [6.07, 6.45) is 0.951. The molecule has 0 aromatic carbocycles. The van der Waals surface area contributed by atoms with Crippen LogP contribution in [0.1, 0.15) is 19.8 Å². The van der Waals surface area contributed by atoms with Gasteiger partial charge in [-0.15, -0.1) is 4.67 Å². The predicted molar refractivity (Wildman–Crippen MR) is 54.1 cm³/mol. The van der Waals surface area contributed by atoms with Crippen LogP contribution in [0, 0.1) is 0 Å². The maximum absolute atomic E-state index is 10.9. The van der Waals surface area contributed by atoms with Crippen LogP contribution in [0.2, 0.25) is 0 Å². The number of carbonyl (C=O) groups excluding carboxylic acids is 1. The Kier molecular flexibility index (Phi) is 7.20. The van der Waals surface area contributed by atoms with Gasteiger partial charge in [-0.1, -0.05) is 6.58 Å². The first-order chi connectivity index (χ1) is 7.33. The second-order valence-corrected chi connectivity index (χ2v) is 4.14. The molecule has 0 saturated heterocycles. The lowest BCUT2D eigenvalue weighted by molar-refractivity contribution is -0.222. The number of hydrogen-bond acceptors (Lipinski definition) is 5. The quantitative estimate of drug-likeness (QED) is 0.166. The van der Waals surface area contributed by atoms with Gasteiger partial charge in [-0.2, -0.15) is 0 Å². The monoisotopic (exact) mass is 254 g/mol. The van der Waals surface area contributed by atoms with E-state index < -0.39 is 13.8 Å². The average Bonchev–Trinajstić information content (AvgIpc) is 2.14.